The maximum atomic E-state index is 5.33. The molecule has 3 nitrogen and oxygen atoms in total. The fourth-order valence-corrected chi connectivity index (χ4v) is 1.76. The summed E-state index contributed by atoms with van der Waals surface area (Å²) in [5.74, 6) is 2.36. The van der Waals surface area contributed by atoms with Gasteiger partial charge in [0.05, 0.1) is 21.3 Å². The second kappa shape index (κ2) is 4.31. The molecule has 0 unspecified atom stereocenters. The summed E-state index contributed by atoms with van der Waals surface area (Å²) in [6.07, 6.45) is 0. The van der Waals surface area contributed by atoms with E-state index in [1.807, 2.05) is 30.3 Å². The molecule has 0 saturated carbocycles. The molecule has 16 heavy (non-hydrogen) atoms. The van der Waals surface area contributed by atoms with Gasteiger partial charge in [-0.1, -0.05) is 12.1 Å². The van der Waals surface area contributed by atoms with Crippen molar-refractivity contribution in [3.8, 4) is 17.2 Å². The highest BCUT2D eigenvalue weighted by Gasteiger charge is 2.08. The Morgan fingerprint density at radius 2 is 1.50 bits per heavy atom. The Bertz CT molecular complexity index is 506. The second-order valence-electron chi connectivity index (χ2n) is 3.39. The summed E-state index contributed by atoms with van der Waals surface area (Å²) < 4.78 is 15.9. The van der Waals surface area contributed by atoms with Gasteiger partial charge in [0.1, 0.15) is 17.2 Å². The van der Waals surface area contributed by atoms with Crippen LogP contribution in [0.1, 0.15) is 0 Å². The monoisotopic (exact) mass is 218 g/mol. The van der Waals surface area contributed by atoms with Crippen LogP contribution in [-0.4, -0.2) is 21.3 Å². The van der Waals surface area contributed by atoms with Crippen LogP contribution >= 0.6 is 0 Å². The molecule has 0 atom stereocenters. The fourth-order valence-electron chi connectivity index (χ4n) is 1.76. The first-order valence-corrected chi connectivity index (χ1v) is 4.99. The van der Waals surface area contributed by atoms with Crippen LogP contribution in [0.5, 0.6) is 17.2 Å². The number of fused-ring (bicyclic) bond motifs is 1. The maximum Gasteiger partial charge on any atom is 0.130 e. The molecule has 2 aromatic rings. The van der Waals surface area contributed by atoms with E-state index in [2.05, 4.69) is 0 Å². The lowest BCUT2D eigenvalue weighted by Crippen LogP contribution is -1.91. The topological polar surface area (TPSA) is 27.7 Å². The second-order valence-corrected chi connectivity index (χ2v) is 3.39. The van der Waals surface area contributed by atoms with Crippen LogP contribution in [0.15, 0.2) is 30.3 Å². The Labute approximate surface area is 94.5 Å². The van der Waals surface area contributed by atoms with Crippen LogP contribution in [0.4, 0.5) is 0 Å². The van der Waals surface area contributed by atoms with E-state index in [4.69, 9.17) is 14.2 Å². The van der Waals surface area contributed by atoms with Crippen molar-refractivity contribution in [3.05, 3.63) is 30.3 Å². The fraction of sp³-hybridized carbons (Fsp3) is 0.231. The summed E-state index contributed by atoms with van der Waals surface area (Å²) in [6.45, 7) is 0. The molecule has 0 saturated heterocycles. The van der Waals surface area contributed by atoms with Crippen molar-refractivity contribution in [2.24, 2.45) is 0 Å². The molecule has 0 bridgehead atoms. The van der Waals surface area contributed by atoms with E-state index in [-0.39, 0.29) is 0 Å². The van der Waals surface area contributed by atoms with Crippen molar-refractivity contribution in [3.63, 3.8) is 0 Å². The van der Waals surface area contributed by atoms with E-state index in [0.29, 0.717) is 0 Å². The summed E-state index contributed by atoms with van der Waals surface area (Å²) in [5, 5.41) is 2.00. The normalized spacial score (nSPS) is 10.2. The van der Waals surface area contributed by atoms with E-state index in [0.717, 1.165) is 28.0 Å². The van der Waals surface area contributed by atoms with Crippen molar-refractivity contribution in [2.75, 3.05) is 21.3 Å². The first-order chi connectivity index (χ1) is 7.80. The van der Waals surface area contributed by atoms with E-state index < -0.39 is 0 Å². The van der Waals surface area contributed by atoms with Crippen LogP contribution in [-0.2, 0) is 0 Å². The molecule has 2 rings (SSSR count). The van der Waals surface area contributed by atoms with Crippen LogP contribution < -0.4 is 14.2 Å². The SMILES string of the molecule is COc1cc(OC)c2cccc(OC)c2c1. The van der Waals surface area contributed by atoms with Crippen molar-refractivity contribution >= 4 is 10.8 Å². The summed E-state index contributed by atoms with van der Waals surface area (Å²) in [6, 6.07) is 9.66. The Kier molecular flexibility index (Phi) is 2.86. The maximum absolute atomic E-state index is 5.33. The van der Waals surface area contributed by atoms with Crippen molar-refractivity contribution < 1.29 is 14.2 Å². The molecule has 2 aromatic carbocycles. The zero-order valence-electron chi connectivity index (χ0n) is 9.61. The minimum atomic E-state index is 0.758. The van der Waals surface area contributed by atoms with E-state index in [1.54, 1.807) is 21.3 Å². The predicted molar refractivity (Wildman–Crippen MR) is 63.6 cm³/mol. The van der Waals surface area contributed by atoms with E-state index in [1.165, 1.54) is 0 Å². The largest absolute Gasteiger partial charge is 0.497 e. The first-order valence-electron chi connectivity index (χ1n) is 4.99. The standard InChI is InChI=1S/C13H14O3/c1-14-9-7-11-10(13(8-9)16-3)5-4-6-12(11)15-2/h4-8H,1-3H3. The van der Waals surface area contributed by atoms with Gasteiger partial charge in [-0.05, 0) is 12.1 Å². The van der Waals surface area contributed by atoms with Crippen LogP contribution in [0.25, 0.3) is 10.8 Å². The molecule has 0 amide bonds. The lowest BCUT2D eigenvalue weighted by Gasteiger charge is -2.11. The van der Waals surface area contributed by atoms with Gasteiger partial charge in [0.15, 0.2) is 0 Å². The molecule has 0 heterocycles. The smallest absolute Gasteiger partial charge is 0.130 e. The molecule has 0 N–H and O–H groups in total. The minimum Gasteiger partial charge on any atom is -0.497 e. The summed E-state index contributed by atoms with van der Waals surface area (Å²) in [5.41, 5.74) is 0. The van der Waals surface area contributed by atoms with Crippen LogP contribution in [0, 0.1) is 0 Å². The average molecular weight is 218 g/mol. The zero-order valence-corrected chi connectivity index (χ0v) is 9.61. The Morgan fingerprint density at radius 3 is 2.12 bits per heavy atom. The molecule has 84 valence electrons. The lowest BCUT2D eigenvalue weighted by molar-refractivity contribution is 0.396. The Balaban J connectivity index is 2.78. The number of benzene rings is 2. The molecule has 0 fully saturated rings. The van der Waals surface area contributed by atoms with Gasteiger partial charge in [-0.3, -0.25) is 0 Å². The van der Waals surface area contributed by atoms with Gasteiger partial charge in [-0.25, -0.2) is 0 Å². The highest BCUT2D eigenvalue weighted by atomic mass is 16.5. The number of rotatable bonds is 3. The van der Waals surface area contributed by atoms with E-state index in [9.17, 15) is 0 Å². The van der Waals surface area contributed by atoms with Gasteiger partial charge >= 0.3 is 0 Å². The molecule has 0 aromatic heterocycles. The zero-order chi connectivity index (χ0) is 11.5. The van der Waals surface area contributed by atoms with Crippen molar-refractivity contribution in [1.82, 2.24) is 0 Å². The first kappa shape index (κ1) is 10.6. The predicted octanol–water partition coefficient (Wildman–Crippen LogP) is 2.87. The number of ether oxygens (including phenoxy) is 3. The minimum absolute atomic E-state index is 0.758. The van der Waals surface area contributed by atoms with Gasteiger partial charge in [-0.15, -0.1) is 0 Å². The molecular formula is C13H14O3. The third-order valence-electron chi connectivity index (χ3n) is 2.57. The van der Waals surface area contributed by atoms with Gasteiger partial charge in [0.25, 0.3) is 0 Å². The van der Waals surface area contributed by atoms with Gasteiger partial charge in [0.2, 0.25) is 0 Å². The molecule has 0 aliphatic rings. The molecule has 3 heteroatoms. The number of methoxy groups -OCH3 is 3. The Hall–Kier alpha value is -1.90. The Morgan fingerprint density at radius 1 is 0.750 bits per heavy atom. The molecular weight excluding hydrogens is 204 g/mol. The van der Waals surface area contributed by atoms with Crippen LogP contribution in [0.3, 0.4) is 0 Å². The highest BCUT2D eigenvalue weighted by molar-refractivity contribution is 5.94. The average Bonchev–Trinajstić information content (AvgIpc) is 2.36. The van der Waals surface area contributed by atoms with Crippen LogP contribution in [0.2, 0.25) is 0 Å². The van der Waals surface area contributed by atoms with Gasteiger partial charge in [-0.2, -0.15) is 0 Å². The third-order valence-corrected chi connectivity index (χ3v) is 2.57. The van der Waals surface area contributed by atoms with Crippen molar-refractivity contribution in [2.45, 2.75) is 0 Å². The van der Waals surface area contributed by atoms with Crippen molar-refractivity contribution in [1.29, 1.82) is 0 Å². The quantitative estimate of drug-likeness (QED) is 0.792. The third kappa shape index (κ3) is 1.65. The molecule has 0 aliphatic carbocycles. The van der Waals surface area contributed by atoms with Gasteiger partial charge in [0, 0.05) is 16.8 Å². The number of hydrogen-bond acceptors (Lipinski definition) is 3. The van der Waals surface area contributed by atoms with E-state index >= 15 is 0 Å². The highest BCUT2D eigenvalue weighted by Crippen LogP contribution is 2.35. The number of hydrogen-bond donors (Lipinski definition) is 0. The van der Waals surface area contributed by atoms with Gasteiger partial charge < -0.3 is 14.2 Å². The summed E-state index contributed by atoms with van der Waals surface area (Å²) in [4.78, 5) is 0. The molecule has 0 spiro atoms. The summed E-state index contributed by atoms with van der Waals surface area (Å²) in [7, 11) is 4.93. The summed E-state index contributed by atoms with van der Waals surface area (Å²) >= 11 is 0. The lowest BCUT2D eigenvalue weighted by atomic mass is 10.1. The molecule has 0 aliphatic heterocycles. The molecule has 0 radical (unpaired) electrons.